The molecule has 0 amide bonds. The topological polar surface area (TPSA) is 0 Å². The summed E-state index contributed by atoms with van der Waals surface area (Å²) in [6, 6.07) is 0. The van der Waals surface area contributed by atoms with Crippen molar-refractivity contribution < 1.29 is 0 Å². The second-order valence-corrected chi connectivity index (χ2v) is 6.31. The van der Waals surface area contributed by atoms with Crippen LogP contribution in [0.15, 0.2) is 12.2 Å². The Labute approximate surface area is 94.1 Å². The van der Waals surface area contributed by atoms with Crippen LogP contribution in [0, 0.1) is 10.8 Å². The Kier molecular flexibility index (Phi) is 2.23. The fraction of sp³-hybridized carbons (Fsp3) is 0.867. The molecule has 0 atom stereocenters. The van der Waals surface area contributed by atoms with Gasteiger partial charge in [-0.2, -0.15) is 0 Å². The molecule has 0 aromatic heterocycles. The van der Waals surface area contributed by atoms with Gasteiger partial charge in [-0.25, -0.2) is 0 Å². The van der Waals surface area contributed by atoms with Gasteiger partial charge in [0.15, 0.2) is 0 Å². The van der Waals surface area contributed by atoms with E-state index in [9.17, 15) is 0 Å². The highest BCUT2D eigenvalue weighted by Gasteiger charge is 2.49. The normalized spacial score (nSPS) is 32.9. The lowest BCUT2D eigenvalue weighted by molar-refractivity contribution is 0.161. The van der Waals surface area contributed by atoms with Crippen molar-refractivity contribution in [1.82, 2.24) is 0 Å². The van der Waals surface area contributed by atoms with Crippen LogP contribution < -0.4 is 0 Å². The zero-order valence-corrected chi connectivity index (χ0v) is 9.99. The summed E-state index contributed by atoms with van der Waals surface area (Å²) in [6.45, 7) is 4.58. The summed E-state index contributed by atoms with van der Waals surface area (Å²) >= 11 is 0. The van der Waals surface area contributed by atoms with Crippen molar-refractivity contribution in [2.75, 3.05) is 0 Å². The van der Waals surface area contributed by atoms with E-state index in [0.717, 1.165) is 0 Å². The van der Waals surface area contributed by atoms with E-state index >= 15 is 0 Å². The van der Waals surface area contributed by atoms with E-state index in [1.165, 1.54) is 70.6 Å². The lowest BCUT2D eigenvalue weighted by atomic mass is 9.57. The van der Waals surface area contributed by atoms with Crippen LogP contribution in [-0.2, 0) is 0 Å². The second-order valence-electron chi connectivity index (χ2n) is 6.31. The van der Waals surface area contributed by atoms with Crippen LogP contribution in [0.3, 0.4) is 0 Å². The first-order valence-electron chi connectivity index (χ1n) is 6.97. The lowest BCUT2D eigenvalue weighted by Crippen LogP contribution is -2.35. The van der Waals surface area contributed by atoms with Crippen molar-refractivity contribution in [1.29, 1.82) is 0 Å². The smallest absolute Gasteiger partial charge is 0.00852 e. The zero-order chi connectivity index (χ0) is 10.4. The molecule has 0 unspecified atom stereocenters. The van der Waals surface area contributed by atoms with Gasteiger partial charge in [0.05, 0.1) is 0 Å². The lowest BCUT2D eigenvalue weighted by Gasteiger charge is -2.47. The highest BCUT2D eigenvalue weighted by Crippen LogP contribution is 2.62. The molecule has 15 heavy (non-hydrogen) atoms. The van der Waals surface area contributed by atoms with Crippen LogP contribution >= 0.6 is 0 Å². The van der Waals surface area contributed by atoms with E-state index in [-0.39, 0.29) is 0 Å². The van der Waals surface area contributed by atoms with E-state index in [1.807, 2.05) is 0 Å². The average molecular weight is 204 g/mol. The van der Waals surface area contributed by atoms with Crippen LogP contribution in [0.2, 0.25) is 0 Å². The number of hydrogen-bond acceptors (Lipinski definition) is 0. The summed E-state index contributed by atoms with van der Waals surface area (Å²) in [5.74, 6) is 0. The molecule has 0 nitrogen and oxygen atoms in total. The summed E-state index contributed by atoms with van der Waals surface area (Å²) in [7, 11) is 0. The van der Waals surface area contributed by atoms with E-state index in [0.29, 0.717) is 10.8 Å². The molecule has 3 aliphatic rings. The predicted octanol–water partition coefficient (Wildman–Crippen LogP) is 4.85. The minimum Gasteiger partial charge on any atom is -0.0987 e. The van der Waals surface area contributed by atoms with E-state index in [2.05, 4.69) is 6.58 Å². The molecule has 0 radical (unpaired) electrons. The minimum atomic E-state index is 0.614. The first-order valence-corrected chi connectivity index (χ1v) is 6.97. The molecule has 0 aromatic carbocycles. The van der Waals surface area contributed by atoms with Crippen LogP contribution in [0.4, 0.5) is 0 Å². The summed E-state index contributed by atoms with van der Waals surface area (Å²) in [5, 5.41) is 0. The quantitative estimate of drug-likeness (QED) is 0.495. The van der Waals surface area contributed by atoms with E-state index in [1.54, 1.807) is 5.57 Å². The summed E-state index contributed by atoms with van der Waals surface area (Å²) in [4.78, 5) is 0. The highest BCUT2D eigenvalue weighted by atomic mass is 14.5. The minimum absolute atomic E-state index is 0.614. The Morgan fingerprint density at radius 3 is 1.33 bits per heavy atom. The first-order chi connectivity index (χ1) is 7.28. The largest absolute Gasteiger partial charge is 0.0987 e. The monoisotopic (exact) mass is 204 g/mol. The Hall–Kier alpha value is -0.260. The number of hydrogen-bond donors (Lipinski definition) is 0. The molecule has 0 saturated heterocycles. The Morgan fingerprint density at radius 1 is 0.600 bits per heavy atom. The fourth-order valence-electron chi connectivity index (χ4n) is 4.84. The van der Waals surface area contributed by atoms with E-state index < -0.39 is 0 Å². The molecule has 3 rings (SSSR count). The summed E-state index contributed by atoms with van der Waals surface area (Å²) in [6.07, 6.45) is 16.1. The van der Waals surface area contributed by atoms with Crippen molar-refractivity contribution in [3.63, 3.8) is 0 Å². The van der Waals surface area contributed by atoms with Gasteiger partial charge >= 0.3 is 0 Å². The van der Waals surface area contributed by atoms with Gasteiger partial charge in [0, 0.05) is 0 Å². The van der Waals surface area contributed by atoms with Gasteiger partial charge in [0.2, 0.25) is 0 Å². The second kappa shape index (κ2) is 3.37. The van der Waals surface area contributed by atoms with Gasteiger partial charge in [-0.1, -0.05) is 44.3 Å². The highest BCUT2D eigenvalue weighted by molar-refractivity contribution is 5.25. The number of allylic oxidation sites excluding steroid dienone is 1. The Balaban J connectivity index is 1.90. The number of rotatable bonds is 0. The van der Waals surface area contributed by atoms with Crippen LogP contribution in [0.5, 0.6) is 0 Å². The van der Waals surface area contributed by atoms with Gasteiger partial charge in [0.25, 0.3) is 0 Å². The maximum absolute atomic E-state index is 4.58. The van der Waals surface area contributed by atoms with Gasteiger partial charge in [0.1, 0.15) is 0 Å². The zero-order valence-electron chi connectivity index (χ0n) is 9.99. The Morgan fingerprint density at radius 2 is 0.933 bits per heavy atom. The maximum atomic E-state index is 4.58. The molecular formula is C15H24. The third-order valence-electron chi connectivity index (χ3n) is 5.71. The Bertz CT molecular complexity index is 236. The average Bonchev–Trinajstić information content (AvgIpc) is 2.86. The van der Waals surface area contributed by atoms with Gasteiger partial charge < -0.3 is 0 Å². The van der Waals surface area contributed by atoms with Crippen molar-refractivity contribution in [3.8, 4) is 0 Å². The van der Waals surface area contributed by atoms with Gasteiger partial charge in [-0.3, -0.25) is 0 Å². The summed E-state index contributed by atoms with van der Waals surface area (Å²) in [5.41, 5.74) is 2.93. The fourth-order valence-corrected chi connectivity index (χ4v) is 4.84. The molecule has 3 fully saturated rings. The maximum Gasteiger partial charge on any atom is -0.00852 e. The van der Waals surface area contributed by atoms with Gasteiger partial charge in [-0.05, 0) is 49.4 Å². The standard InChI is InChI=1S/C15H24/c1-13-14(7-2-3-8-14)11-6-12-15(13)9-4-5-10-15/h1-12H2. The van der Waals surface area contributed by atoms with Crippen molar-refractivity contribution in [2.24, 2.45) is 10.8 Å². The molecule has 3 aliphatic carbocycles. The van der Waals surface area contributed by atoms with E-state index in [4.69, 9.17) is 0 Å². The molecule has 3 saturated carbocycles. The third-order valence-corrected chi connectivity index (χ3v) is 5.71. The SMILES string of the molecule is C=C1C2(CCCC2)CCCC12CCCC2. The first kappa shape index (κ1) is 9.93. The van der Waals surface area contributed by atoms with Gasteiger partial charge in [-0.15, -0.1) is 0 Å². The molecule has 0 aromatic rings. The third kappa shape index (κ3) is 1.33. The molecule has 0 heterocycles. The van der Waals surface area contributed by atoms with Crippen molar-refractivity contribution in [2.45, 2.75) is 70.6 Å². The van der Waals surface area contributed by atoms with Crippen molar-refractivity contribution >= 4 is 0 Å². The molecule has 0 aliphatic heterocycles. The molecule has 0 bridgehead atoms. The van der Waals surface area contributed by atoms with Crippen molar-refractivity contribution in [3.05, 3.63) is 12.2 Å². The van der Waals surface area contributed by atoms with Crippen LogP contribution in [0.1, 0.15) is 70.6 Å². The summed E-state index contributed by atoms with van der Waals surface area (Å²) < 4.78 is 0. The molecular weight excluding hydrogens is 180 g/mol. The predicted molar refractivity (Wildman–Crippen MR) is 64.8 cm³/mol. The molecule has 2 spiro atoms. The van der Waals surface area contributed by atoms with Crippen LogP contribution in [-0.4, -0.2) is 0 Å². The molecule has 0 N–H and O–H groups in total. The molecule has 84 valence electrons. The molecule has 0 heteroatoms. The van der Waals surface area contributed by atoms with Crippen LogP contribution in [0.25, 0.3) is 0 Å².